The van der Waals surface area contributed by atoms with Gasteiger partial charge < -0.3 is 5.32 Å². The van der Waals surface area contributed by atoms with E-state index in [0.717, 1.165) is 19.5 Å². The van der Waals surface area contributed by atoms with Crippen molar-refractivity contribution in [2.45, 2.75) is 66.8 Å². The molecular weight excluding hydrogens is 222 g/mol. The van der Waals surface area contributed by atoms with Gasteiger partial charge in [-0.15, -0.1) is 0 Å². The molecule has 0 unspecified atom stereocenters. The Kier molecular flexibility index (Phi) is 7.22. The third-order valence-electron chi connectivity index (χ3n) is 2.87. The molecule has 0 saturated heterocycles. The minimum Gasteiger partial charge on any atom is -0.311 e. The maximum atomic E-state index is 4.63. The van der Waals surface area contributed by atoms with E-state index in [1.165, 1.54) is 17.0 Å². The van der Waals surface area contributed by atoms with E-state index in [2.05, 4.69) is 45.0 Å². The number of hydrogen-bond acceptors (Lipinski definition) is 2. The lowest BCUT2D eigenvalue weighted by molar-refractivity contribution is 0.561. The number of nitrogens with one attached hydrogen (secondary N) is 1. The summed E-state index contributed by atoms with van der Waals surface area (Å²) in [7, 11) is 2.04. The van der Waals surface area contributed by atoms with Crippen molar-refractivity contribution in [3.05, 3.63) is 17.0 Å². The van der Waals surface area contributed by atoms with Gasteiger partial charge in [0.25, 0.3) is 0 Å². The summed E-state index contributed by atoms with van der Waals surface area (Å²) in [5, 5.41) is 8.02. The van der Waals surface area contributed by atoms with Gasteiger partial charge in [-0.1, -0.05) is 48.5 Å². The highest BCUT2D eigenvalue weighted by Gasteiger charge is 2.25. The predicted octanol–water partition coefficient (Wildman–Crippen LogP) is 3.42. The van der Waals surface area contributed by atoms with Crippen LogP contribution >= 0.6 is 0 Å². The molecule has 0 saturated carbocycles. The van der Waals surface area contributed by atoms with Crippen molar-refractivity contribution in [2.24, 2.45) is 7.05 Å². The summed E-state index contributed by atoms with van der Waals surface area (Å²) < 4.78 is 2.03. The zero-order valence-electron chi connectivity index (χ0n) is 13.5. The Morgan fingerprint density at radius 1 is 1.17 bits per heavy atom. The summed E-state index contributed by atoms with van der Waals surface area (Å²) >= 11 is 0. The van der Waals surface area contributed by atoms with Crippen LogP contribution < -0.4 is 5.32 Å². The summed E-state index contributed by atoms with van der Waals surface area (Å²) in [4.78, 5) is 0. The number of nitrogens with zero attached hydrogens (tertiary/aromatic N) is 2. The molecule has 1 aromatic rings. The number of aromatic nitrogens is 2. The zero-order valence-corrected chi connectivity index (χ0v) is 13.5. The van der Waals surface area contributed by atoms with Crippen molar-refractivity contribution < 1.29 is 0 Å². The molecule has 0 amide bonds. The quantitative estimate of drug-likeness (QED) is 0.891. The van der Waals surface area contributed by atoms with Gasteiger partial charge in [0.15, 0.2) is 0 Å². The first-order chi connectivity index (χ1) is 8.41. The maximum Gasteiger partial charge on any atom is 0.0662 e. The first-order valence-corrected chi connectivity index (χ1v) is 7.17. The highest BCUT2D eigenvalue weighted by Crippen LogP contribution is 2.29. The lowest BCUT2D eigenvalue weighted by Crippen LogP contribution is -2.21. The van der Waals surface area contributed by atoms with E-state index < -0.39 is 0 Å². The second-order valence-corrected chi connectivity index (χ2v) is 5.28. The highest BCUT2D eigenvalue weighted by molar-refractivity contribution is 5.33. The molecule has 0 aliphatic rings. The molecular formula is C15H31N3. The van der Waals surface area contributed by atoms with Gasteiger partial charge in [0.05, 0.1) is 11.4 Å². The van der Waals surface area contributed by atoms with Crippen molar-refractivity contribution in [3.63, 3.8) is 0 Å². The zero-order chi connectivity index (χ0) is 14.3. The Morgan fingerprint density at radius 2 is 1.72 bits per heavy atom. The smallest absolute Gasteiger partial charge is 0.0662 e. The predicted molar refractivity (Wildman–Crippen MR) is 80.0 cm³/mol. The topological polar surface area (TPSA) is 29.9 Å². The summed E-state index contributed by atoms with van der Waals surface area (Å²) in [5.74, 6) is 0. The van der Waals surface area contributed by atoms with Crippen LogP contribution in [0.5, 0.6) is 0 Å². The summed E-state index contributed by atoms with van der Waals surface area (Å²) in [6, 6.07) is 0. The Bertz CT molecular complexity index is 345. The van der Waals surface area contributed by atoms with E-state index in [1.54, 1.807) is 0 Å². The van der Waals surface area contributed by atoms with E-state index >= 15 is 0 Å². The molecule has 3 nitrogen and oxygen atoms in total. The molecule has 18 heavy (non-hydrogen) atoms. The highest BCUT2D eigenvalue weighted by atomic mass is 15.3. The Morgan fingerprint density at radius 3 is 2.11 bits per heavy atom. The molecule has 0 bridgehead atoms. The summed E-state index contributed by atoms with van der Waals surface area (Å²) in [6.45, 7) is 17.0. The molecule has 0 aromatic carbocycles. The van der Waals surface area contributed by atoms with Crippen molar-refractivity contribution in [2.75, 3.05) is 6.54 Å². The van der Waals surface area contributed by atoms with Crippen LogP contribution in [0.1, 0.15) is 65.4 Å². The monoisotopic (exact) mass is 253 g/mol. The minimum atomic E-state index is 0.171. The van der Waals surface area contributed by atoms with Crippen LogP contribution in [0.2, 0.25) is 0 Å². The third-order valence-corrected chi connectivity index (χ3v) is 2.87. The number of rotatable bonds is 4. The summed E-state index contributed by atoms with van der Waals surface area (Å²) in [6.07, 6.45) is 1.01. The number of aryl methyl sites for hydroxylation is 2. The molecule has 3 heteroatoms. The molecule has 0 fully saturated rings. The minimum absolute atomic E-state index is 0.171. The first kappa shape index (κ1) is 17.2. The van der Waals surface area contributed by atoms with Gasteiger partial charge in [0, 0.05) is 19.2 Å². The second kappa shape index (κ2) is 7.57. The molecule has 0 aliphatic carbocycles. The molecule has 0 radical (unpaired) electrons. The van der Waals surface area contributed by atoms with Gasteiger partial charge in [-0.25, -0.2) is 0 Å². The van der Waals surface area contributed by atoms with Crippen molar-refractivity contribution >= 4 is 0 Å². The Labute approximate surface area is 113 Å². The third kappa shape index (κ3) is 4.13. The van der Waals surface area contributed by atoms with Crippen LogP contribution in [0, 0.1) is 0 Å². The van der Waals surface area contributed by atoms with Crippen molar-refractivity contribution in [3.8, 4) is 0 Å². The molecule has 1 rings (SSSR count). The molecule has 1 aromatic heterocycles. The van der Waals surface area contributed by atoms with Gasteiger partial charge >= 0.3 is 0 Å². The fourth-order valence-corrected chi connectivity index (χ4v) is 2.18. The van der Waals surface area contributed by atoms with Gasteiger partial charge in [-0.05, 0) is 18.4 Å². The van der Waals surface area contributed by atoms with Crippen LogP contribution in [-0.4, -0.2) is 16.3 Å². The number of hydrogen-bond donors (Lipinski definition) is 1. The second-order valence-electron chi connectivity index (χ2n) is 5.28. The van der Waals surface area contributed by atoms with Crippen LogP contribution in [0.25, 0.3) is 0 Å². The molecule has 106 valence electrons. The Hall–Kier alpha value is -0.830. The average molecular weight is 253 g/mol. The molecule has 0 atom stereocenters. The Balaban J connectivity index is 0.00000137. The van der Waals surface area contributed by atoms with E-state index in [0.29, 0.717) is 0 Å². The molecule has 1 heterocycles. The van der Waals surface area contributed by atoms with E-state index in [1.807, 2.05) is 25.6 Å². The van der Waals surface area contributed by atoms with Crippen molar-refractivity contribution in [1.82, 2.24) is 15.1 Å². The average Bonchev–Trinajstić information content (AvgIpc) is 2.65. The molecule has 1 N–H and O–H groups in total. The lowest BCUT2D eigenvalue weighted by Gasteiger charge is -2.21. The van der Waals surface area contributed by atoms with Crippen LogP contribution in [0.15, 0.2) is 0 Å². The standard InChI is InChI=1S/C13H25N3.C2H6/c1-7-10-12(13(3,4)5)11(9-14-8-2)16(6)15-10;1-2/h14H,7-9H2,1-6H3;1-2H3. The van der Waals surface area contributed by atoms with Crippen LogP contribution in [0.4, 0.5) is 0 Å². The normalized spacial score (nSPS) is 11.1. The largest absolute Gasteiger partial charge is 0.311 e. The van der Waals surface area contributed by atoms with Crippen LogP contribution in [-0.2, 0) is 25.4 Å². The van der Waals surface area contributed by atoms with Gasteiger partial charge in [-0.2, -0.15) is 5.10 Å². The van der Waals surface area contributed by atoms with E-state index in [4.69, 9.17) is 0 Å². The van der Waals surface area contributed by atoms with Gasteiger partial charge in [-0.3, -0.25) is 4.68 Å². The maximum absolute atomic E-state index is 4.63. The summed E-state index contributed by atoms with van der Waals surface area (Å²) in [5.41, 5.74) is 4.15. The molecule has 0 aliphatic heterocycles. The van der Waals surface area contributed by atoms with Gasteiger partial charge in [0.2, 0.25) is 0 Å². The van der Waals surface area contributed by atoms with Crippen molar-refractivity contribution in [1.29, 1.82) is 0 Å². The van der Waals surface area contributed by atoms with E-state index in [-0.39, 0.29) is 5.41 Å². The fraction of sp³-hybridized carbons (Fsp3) is 0.800. The fourth-order valence-electron chi connectivity index (χ4n) is 2.18. The lowest BCUT2D eigenvalue weighted by atomic mass is 9.84. The van der Waals surface area contributed by atoms with E-state index in [9.17, 15) is 0 Å². The van der Waals surface area contributed by atoms with Crippen LogP contribution in [0.3, 0.4) is 0 Å². The SMILES string of the molecule is CC.CCNCc1c(C(C)(C)C)c(CC)nn1C. The molecule has 0 spiro atoms. The first-order valence-electron chi connectivity index (χ1n) is 7.17. The van der Waals surface area contributed by atoms with Gasteiger partial charge in [0.1, 0.15) is 0 Å².